The van der Waals surface area contributed by atoms with E-state index < -0.39 is 21.4 Å². The predicted molar refractivity (Wildman–Crippen MR) is 72.6 cm³/mol. The summed E-state index contributed by atoms with van der Waals surface area (Å²) < 4.78 is 38.4. The van der Waals surface area contributed by atoms with Gasteiger partial charge in [0, 0.05) is 13.1 Å². The van der Waals surface area contributed by atoms with Crippen molar-refractivity contribution in [1.29, 1.82) is 0 Å². The summed E-state index contributed by atoms with van der Waals surface area (Å²) in [6, 6.07) is 5.36. The number of hydrogen-bond acceptors (Lipinski definition) is 3. The van der Waals surface area contributed by atoms with Crippen LogP contribution >= 0.6 is 0 Å². The number of nitrogens with zero attached hydrogens (tertiary/aromatic N) is 1. The molecule has 0 aliphatic carbocycles. The maximum absolute atomic E-state index is 12.8. The molecule has 6 heteroatoms. The van der Waals surface area contributed by atoms with E-state index in [1.807, 2.05) is 0 Å². The molecule has 0 heterocycles. The Bertz CT molecular complexity index is 506. The van der Waals surface area contributed by atoms with Gasteiger partial charge in [0.15, 0.2) is 0 Å². The van der Waals surface area contributed by atoms with Crippen LogP contribution in [0.2, 0.25) is 0 Å². The topological polar surface area (TPSA) is 57.6 Å². The highest BCUT2D eigenvalue weighted by Crippen LogP contribution is 2.15. The molecule has 0 aromatic heterocycles. The second-order valence-corrected chi connectivity index (χ2v) is 7.09. The van der Waals surface area contributed by atoms with Crippen LogP contribution in [-0.2, 0) is 15.8 Å². The summed E-state index contributed by atoms with van der Waals surface area (Å²) in [7, 11) is -3.52. The van der Waals surface area contributed by atoms with E-state index in [1.165, 1.54) is 28.6 Å². The highest BCUT2D eigenvalue weighted by Gasteiger charge is 2.26. The molecule has 0 amide bonds. The summed E-state index contributed by atoms with van der Waals surface area (Å²) in [5.74, 6) is -0.595. The smallest absolute Gasteiger partial charge is 0.218 e. The molecule has 0 aliphatic heterocycles. The minimum Gasteiger partial charge on any atom is -0.389 e. The van der Waals surface area contributed by atoms with Crippen molar-refractivity contribution in [2.24, 2.45) is 0 Å². The summed E-state index contributed by atoms with van der Waals surface area (Å²) >= 11 is 0. The highest BCUT2D eigenvalue weighted by atomic mass is 32.2. The van der Waals surface area contributed by atoms with Gasteiger partial charge in [-0.25, -0.2) is 12.8 Å². The van der Waals surface area contributed by atoms with Crippen molar-refractivity contribution in [2.75, 3.05) is 13.1 Å². The maximum Gasteiger partial charge on any atom is 0.218 e. The Labute approximate surface area is 113 Å². The molecule has 0 saturated heterocycles. The Hall–Kier alpha value is -0.980. The molecule has 1 N–H and O–H groups in total. The fourth-order valence-electron chi connectivity index (χ4n) is 1.72. The van der Waals surface area contributed by atoms with E-state index in [1.54, 1.807) is 20.8 Å². The first kappa shape index (κ1) is 16.1. The Morgan fingerprint density at radius 2 is 1.79 bits per heavy atom. The Kier molecular flexibility index (Phi) is 5.06. The number of likely N-dealkylation sites (N-methyl/N-ethyl adjacent to an activating group) is 1. The lowest BCUT2D eigenvalue weighted by Gasteiger charge is -2.27. The van der Waals surface area contributed by atoms with Gasteiger partial charge in [-0.15, -0.1) is 0 Å². The number of halogens is 1. The molecule has 4 nitrogen and oxygen atoms in total. The summed E-state index contributed by atoms with van der Waals surface area (Å²) in [6.07, 6.45) is 0. The lowest BCUT2D eigenvalue weighted by atomic mass is 10.1. The van der Waals surface area contributed by atoms with E-state index in [9.17, 15) is 17.9 Å². The minimum atomic E-state index is -3.52. The Morgan fingerprint density at radius 3 is 2.21 bits per heavy atom. The Morgan fingerprint density at radius 1 is 1.26 bits per heavy atom. The first-order valence-electron chi connectivity index (χ1n) is 6.09. The van der Waals surface area contributed by atoms with Gasteiger partial charge in [0.05, 0.1) is 11.4 Å². The third-order valence-corrected chi connectivity index (χ3v) is 4.44. The van der Waals surface area contributed by atoms with Gasteiger partial charge in [-0.2, -0.15) is 4.31 Å². The van der Waals surface area contributed by atoms with Gasteiger partial charge in [0.2, 0.25) is 10.0 Å². The minimum absolute atomic E-state index is 0.0348. The highest BCUT2D eigenvalue weighted by molar-refractivity contribution is 7.88. The molecule has 0 unspecified atom stereocenters. The zero-order chi connectivity index (χ0) is 14.7. The van der Waals surface area contributed by atoms with E-state index in [4.69, 9.17) is 0 Å². The molecule has 1 rings (SSSR count). The predicted octanol–water partition coefficient (Wildman–Crippen LogP) is 1.75. The average molecular weight is 289 g/mol. The zero-order valence-corrected chi connectivity index (χ0v) is 12.2. The van der Waals surface area contributed by atoms with Crippen molar-refractivity contribution in [3.63, 3.8) is 0 Å². The average Bonchev–Trinajstić information content (AvgIpc) is 2.27. The lowest BCUT2D eigenvalue weighted by molar-refractivity contribution is 0.0601. The summed E-state index contributed by atoms with van der Waals surface area (Å²) in [5, 5.41) is 9.73. The number of hydrogen-bond donors (Lipinski definition) is 1. The second-order valence-electron chi connectivity index (χ2n) is 5.12. The van der Waals surface area contributed by atoms with Crippen LogP contribution in [0.3, 0.4) is 0 Å². The van der Waals surface area contributed by atoms with E-state index in [-0.39, 0.29) is 18.8 Å². The normalized spacial score (nSPS) is 12.9. The number of rotatable bonds is 6. The van der Waals surface area contributed by atoms with Crippen LogP contribution in [0.15, 0.2) is 24.3 Å². The van der Waals surface area contributed by atoms with Gasteiger partial charge in [-0.3, -0.25) is 0 Å². The van der Waals surface area contributed by atoms with E-state index in [0.29, 0.717) is 5.56 Å². The van der Waals surface area contributed by atoms with E-state index >= 15 is 0 Å². The molecule has 0 saturated carbocycles. The van der Waals surface area contributed by atoms with Gasteiger partial charge < -0.3 is 5.11 Å². The largest absolute Gasteiger partial charge is 0.389 e. The molecule has 0 bridgehead atoms. The van der Waals surface area contributed by atoms with Crippen LogP contribution < -0.4 is 0 Å². The third kappa shape index (κ3) is 5.26. The van der Waals surface area contributed by atoms with Gasteiger partial charge in [-0.1, -0.05) is 19.1 Å². The summed E-state index contributed by atoms with van der Waals surface area (Å²) in [6.45, 7) is 5.15. The molecule has 0 spiro atoms. The van der Waals surface area contributed by atoms with Crippen molar-refractivity contribution in [3.05, 3.63) is 35.6 Å². The van der Waals surface area contributed by atoms with Crippen LogP contribution in [0.1, 0.15) is 26.3 Å². The molecule has 0 atom stereocenters. The standard InChI is InChI=1S/C13H20FNO3S/c1-4-15(10-13(2,3)16)19(17,18)9-11-5-7-12(14)8-6-11/h5-8,16H,4,9-10H2,1-3H3. The van der Waals surface area contributed by atoms with Crippen LogP contribution in [-0.4, -0.2) is 36.5 Å². The van der Waals surface area contributed by atoms with Crippen LogP contribution in [0, 0.1) is 5.82 Å². The third-order valence-electron chi connectivity index (χ3n) is 2.57. The van der Waals surface area contributed by atoms with Crippen molar-refractivity contribution in [3.8, 4) is 0 Å². The van der Waals surface area contributed by atoms with Crippen molar-refractivity contribution >= 4 is 10.0 Å². The van der Waals surface area contributed by atoms with E-state index in [2.05, 4.69) is 0 Å². The zero-order valence-electron chi connectivity index (χ0n) is 11.4. The van der Waals surface area contributed by atoms with Gasteiger partial charge >= 0.3 is 0 Å². The van der Waals surface area contributed by atoms with Crippen molar-refractivity contribution < 1.29 is 17.9 Å². The molecule has 0 radical (unpaired) electrons. The molecular weight excluding hydrogens is 269 g/mol. The monoisotopic (exact) mass is 289 g/mol. The van der Waals surface area contributed by atoms with Crippen LogP contribution in [0.4, 0.5) is 4.39 Å². The fraction of sp³-hybridized carbons (Fsp3) is 0.538. The molecule has 0 fully saturated rings. The number of aliphatic hydroxyl groups is 1. The first-order chi connectivity index (χ1) is 8.64. The first-order valence-corrected chi connectivity index (χ1v) is 7.69. The van der Waals surface area contributed by atoms with Gasteiger partial charge in [-0.05, 0) is 31.5 Å². The maximum atomic E-state index is 12.8. The molecule has 1 aromatic rings. The van der Waals surface area contributed by atoms with E-state index in [0.717, 1.165) is 0 Å². The van der Waals surface area contributed by atoms with Crippen LogP contribution in [0.25, 0.3) is 0 Å². The number of sulfonamides is 1. The SMILES string of the molecule is CCN(CC(C)(C)O)S(=O)(=O)Cc1ccc(F)cc1. The molecule has 1 aromatic carbocycles. The van der Waals surface area contributed by atoms with Crippen molar-refractivity contribution in [2.45, 2.75) is 32.1 Å². The fourth-order valence-corrected chi connectivity index (χ4v) is 3.42. The lowest BCUT2D eigenvalue weighted by Crippen LogP contribution is -2.42. The molecule has 108 valence electrons. The van der Waals surface area contributed by atoms with Crippen molar-refractivity contribution in [1.82, 2.24) is 4.31 Å². The summed E-state index contributed by atoms with van der Waals surface area (Å²) in [5.41, 5.74) is -0.568. The quantitative estimate of drug-likeness (QED) is 0.868. The molecule has 19 heavy (non-hydrogen) atoms. The summed E-state index contributed by atoms with van der Waals surface area (Å²) in [4.78, 5) is 0. The molecular formula is C13H20FNO3S. The van der Waals surface area contributed by atoms with Gasteiger partial charge in [0.1, 0.15) is 5.82 Å². The van der Waals surface area contributed by atoms with Gasteiger partial charge in [0.25, 0.3) is 0 Å². The Balaban J connectivity index is 2.87. The number of benzene rings is 1. The van der Waals surface area contributed by atoms with Crippen LogP contribution in [0.5, 0.6) is 0 Å². The second kappa shape index (κ2) is 5.98. The molecule has 0 aliphatic rings.